The van der Waals surface area contributed by atoms with Crippen LogP contribution >= 0.6 is 0 Å². The lowest BCUT2D eigenvalue weighted by molar-refractivity contribution is -0.133. The van der Waals surface area contributed by atoms with Crippen molar-refractivity contribution in [3.8, 4) is 0 Å². The summed E-state index contributed by atoms with van der Waals surface area (Å²) in [5, 5.41) is 17.9. The Morgan fingerprint density at radius 2 is 1.86 bits per heavy atom. The maximum atomic E-state index is 13.1. The number of aromatic amines is 1. The Morgan fingerprint density at radius 1 is 1.11 bits per heavy atom. The summed E-state index contributed by atoms with van der Waals surface area (Å²) in [5.41, 5.74) is -0.247. The number of nitrogens with zero attached hydrogens (tertiary/aromatic N) is 2. The van der Waals surface area contributed by atoms with E-state index in [1.54, 1.807) is 4.80 Å². The SMILES string of the molecule is Cc1nn(CC(=O)[C@H]2CC[C@H]3[C@@H]4CC[C@H]5C[C@](C)(O)CC[C@@H]5[C@H]4CC[C@]23C)[nH]1. The lowest BCUT2D eigenvalue weighted by Crippen LogP contribution is -2.51. The van der Waals surface area contributed by atoms with E-state index in [1.165, 1.54) is 38.5 Å². The van der Waals surface area contributed by atoms with Crippen molar-refractivity contribution in [2.45, 2.75) is 90.7 Å². The summed E-state index contributed by atoms with van der Waals surface area (Å²) in [7, 11) is 0. The lowest BCUT2D eigenvalue weighted by Gasteiger charge is -2.56. The van der Waals surface area contributed by atoms with Gasteiger partial charge in [-0.3, -0.25) is 9.89 Å². The number of hydrogen-bond donors (Lipinski definition) is 2. The third kappa shape index (κ3) is 2.91. The second-order valence-electron chi connectivity index (χ2n) is 11.2. The smallest absolute Gasteiger partial charge is 0.159 e. The highest BCUT2D eigenvalue weighted by Gasteiger charge is 2.58. The van der Waals surface area contributed by atoms with Gasteiger partial charge in [0.2, 0.25) is 0 Å². The summed E-state index contributed by atoms with van der Waals surface area (Å²) in [5.74, 6) is 5.41. The fraction of sp³-hybridized carbons (Fsp3) is 0.913. The first-order valence-electron chi connectivity index (χ1n) is 11.6. The first kappa shape index (κ1) is 18.9. The van der Waals surface area contributed by atoms with Crippen LogP contribution in [-0.2, 0) is 11.3 Å². The summed E-state index contributed by atoms with van der Waals surface area (Å²) in [6, 6.07) is 0. The number of hydrogen-bond acceptors (Lipinski definition) is 3. The molecular weight excluding hydrogens is 350 g/mol. The summed E-state index contributed by atoms with van der Waals surface area (Å²) in [6.07, 6.45) is 10.6. The molecule has 156 valence electrons. The van der Waals surface area contributed by atoms with Crippen LogP contribution in [0, 0.1) is 47.8 Å². The van der Waals surface area contributed by atoms with Crippen molar-refractivity contribution in [3.63, 3.8) is 0 Å². The van der Waals surface area contributed by atoms with Gasteiger partial charge in [0.05, 0.1) is 5.60 Å². The lowest BCUT2D eigenvalue weighted by atomic mass is 9.49. The summed E-state index contributed by atoms with van der Waals surface area (Å²) >= 11 is 0. The summed E-state index contributed by atoms with van der Waals surface area (Å²) in [6.45, 7) is 6.81. The van der Waals surface area contributed by atoms with Crippen LogP contribution in [-0.4, -0.2) is 31.5 Å². The van der Waals surface area contributed by atoms with Gasteiger partial charge in [0, 0.05) is 5.92 Å². The Bertz CT molecular complexity index is 738. The number of aliphatic hydroxyl groups is 1. The number of aromatic nitrogens is 3. The molecule has 4 aliphatic carbocycles. The molecule has 0 saturated heterocycles. The van der Waals surface area contributed by atoms with Gasteiger partial charge in [0.1, 0.15) is 12.4 Å². The van der Waals surface area contributed by atoms with Crippen LogP contribution in [0.15, 0.2) is 0 Å². The molecule has 0 radical (unpaired) electrons. The van der Waals surface area contributed by atoms with Crippen molar-refractivity contribution in [1.29, 1.82) is 0 Å². The number of H-pyrrole nitrogens is 1. The van der Waals surface area contributed by atoms with Gasteiger partial charge in [-0.15, -0.1) is 5.10 Å². The monoisotopic (exact) mass is 387 g/mol. The molecule has 1 aromatic heterocycles. The normalized spacial score (nSPS) is 48.0. The van der Waals surface area contributed by atoms with E-state index in [4.69, 9.17) is 0 Å². The van der Waals surface area contributed by atoms with Crippen LogP contribution in [0.2, 0.25) is 0 Å². The van der Waals surface area contributed by atoms with E-state index in [1.807, 2.05) is 13.8 Å². The molecule has 4 saturated carbocycles. The van der Waals surface area contributed by atoms with Crippen LogP contribution in [0.4, 0.5) is 0 Å². The van der Waals surface area contributed by atoms with Gasteiger partial charge in [-0.2, -0.15) is 4.80 Å². The molecule has 0 amide bonds. The zero-order valence-electron chi connectivity index (χ0n) is 17.8. The van der Waals surface area contributed by atoms with Gasteiger partial charge in [-0.25, -0.2) is 0 Å². The van der Waals surface area contributed by atoms with E-state index in [0.717, 1.165) is 54.7 Å². The molecule has 4 aliphatic rings. The van der Waals surface area contributed by atoms with Gasteiger partial charge in [-0.1, -0.05) is 6.92 Å². The topological polar surface area (TPSA) is 70.9 Å². The Labute approximate surface area is 168 Å². The minimum atomic E-state index is -0.437. The first-order chi connectivity index (χ1) is 13.3. The van der Waals surface area contributed by atoms with Gasteiger partial charge in [0.25, 0.3) is 0 Å². The molecule has 5 rings (SSSR count). The average Bonchev–Trinajstić information content (AvgIpc) is 2.96. The molecule has 0 aromatic carbocycles. The van der Waals surface area contributed by atoms with Crippen LogP contribution < -0.4 is 0 Å². The van der Waals surface area contributed by atoms with Crippen molar-refractivity contribution >= 4 is 5.78 Å². The highest BCUT2D eigenvalue weighted by molar-refractivity contribution is 5.82. The van der Waals surface area contributed by atoms with E-state index in [0.29, 0.717) is 12.3 Å². The molecule has 5 heteroatoms. The Kier molecular flexibility index (Phi) is 4.35. The molecule has 1 heterocycles. The van der Waals surface area contributed by atoms with Gasteiger partial charge < -0.3 is 5.11 Å². The number of carbonyl (C=O) groups excluding carboxylic acids is 1. The maximum Gasteiger partial charge on any atom is 0.159 e. The van der Waals surface area contributed by atoms with Gasteiger partial charge in [0.15, 0.2) is 5.78 Å². The third-order valence-electron chi connectivity index (χ3n) is 9.49. The highest BCUT2D eigenvalue weighted by Crippen LogP contribution is 2.64. The van der Waals surface area contributed by atoms with Crippen LogP contribution in [0.3, 0.4) is 0 Å². The van der Waals surface area contributed by atoms with Crippen molar-refractivity contribution in [1.82, 2.24) is 15.0 Å². The quantitative estimate of drug-likeness (QED) is 0.820. The van der Waals surface area contributed by atoms with Crippen molar-refractivity contribution in [3.05, 3.63) is 5.82 Å². The Hall–Kier alpha value is -1.10. The second-order valence-corrected chi connectivity index (χ2v) is 11.2. The molecule has 0 spiro atoms. The molecule has 28 heavy (non-hydrogen) atoms. The predicted octanol–water partition coefficient (Wildman–Crippen LogP) is 4.11. The van der Waals surface area contributed by atoms with Crippen LogP contribution in [0.5, 0.6) is 0 Å². The number of ketones is 1. The number of aryl methyl sites for hydroxylation is 1. The van der Waals surface area contributed by atoms with Crippen molar-refractivity contribution < 1.29 is 9.90 Å². The molecule has 2 N–H and O–H groups in total. The molecule has 8 atom stereocenters. The van der Waals surface area contributed by atoms with Gasteiger partial charge >= 0.3 is 0 Å². The van der Waals surface area contributed by atoms with E-state index >= 15 is 0 Å². The van der Waals surface area contributed by atoms with E-state index in [9.17, 15) is 9.90 Å². The number of rotatable bonds is 3. The molecule has 0 unspecified atom stereocenters. The number of fused-ring (bicyclic) bond motifs is 5. The fourth-order valence-electron chi connectivity index (χ4n) is 8.31. The van der Waals surface area contributed by atoms with Crippen LogP contribution in [0.25, 0.3) is 0 Å². The minimum Gasteiger partial charge on any atom is -0.390 e. The average molecular weight is 388 g/mol. The molecule has 4 fully saturated rings. The highest BCUT2D eigenvalue weighted by atomic mass is 16.3. The van der Waals surface area contributed by atoms with Gasteiger partial charge in [-0.05, 0) is 107 Å². The predicted molar refractivity (Wildman–Crippen MR) is 108 cm³/mol. The van der Waals surface area contributed by atoms with E-state index < -0.39 is 5.60 Å². The first-order valence-corrected chi connectivity index (χ1v) is 11.6. The standard InChI is InChI=1S/C23H37N3O2/c1-14-24-26(25-14)13-21(27)20-7-6-19-18-5-4-15-12-22(2,28)10-8-16(15)17(18)9-11-23(19,20)3/h15-20,28H,4-13H2,1-3H3,(H,24,25)/t15-,16-,17+,18+,19-,20+,22+,23-/m0/s1. The Morgan fingerprint density at radius 3 is 2.61 bits per heavy atom. The molecule has 0 aliphatic heterocycles. The summed E-state index contributed by atoms with van der Waals surface area (Å²) < 4.78 is 0. The Balaban J connectivity index is 1.31. The number of carbonyl (C=O) groups is 1. The summed E-state index contributed by atoms with van der Waals surface area (Å²) in [4.78, 5) is 14.8. The van der Waals surface area contributed by atoms with Crippen LogP contribution in [0.1, 0.15) is 77.5 Å². The van der Waals surface area contributed by atoms with E-state index in [-0.39, 0.29) is 11.3 Å². The number of nitrogens with one attached hydrogen (secondary N) is 1. The number of Topliss-reactive ketones (excluding diaryl/α,β-unsaturated/α-hetero) is 1. The molecule has 0 bridgehead atoms. The largest absolute Gasteiger partial charge is 0.390 e. The molecule has 1 aromatic rings. The zero-order chi connectivity index (χ0) is 19.7. The molecular formula is C23H37N3O2. The second kappa shape index (κ2) is 6.45. The van der Waals surface area contributed by atoms with E-state index in [2.05, 4.69) is 17.1 Å². The van der Waals surface area contributed by atoms with Crippen molar-refractivity contribution in [2.75, 3.05) is 0 Å². The minimum absolute atomic E-state index is 0.189. The maximum absolute atomic E-state index is 13.1. The van der Waals surface area contributed by atoms with Crippen molar-refractivity contribution in [2.24, 2.45) is 40.9 Å². The zero-order valence-corrected chi connectivity index (χ0v) is 17.8. The molecule has 5 nitrogen and oxygen atoms in total. The third-order valence-corrected chi connectivity index (χ3v) is 9.49. The fourth-order valence-corrected chi connectivity index (χ4v) is 8.31.